The van der Waals surface area contributed by atoms with Crippen LogP contribution in [0.4, 0.5) is 11.4 Å². The monoisotopic (exact) mass is 565 g/mol. The van der Waals surface area contributed by atoms with E-state index in [-0.39, 0.29) is 17.2 Å². The normalized spacial score (nSPS) is 12.2. The Bertz CT molecular complexity index is 1650. The van der Waals surface area contributed by atoms with Crippen LogP contribution in [0.1, 0.15) is 37.4 Å². The molecule has 0 radical (unpaired) electrons. The van der Waals surface area contributed by atoms with E-state index in [4.69, 9.17) is 14.2 Å². The molecule has 0 bridgehead atoms. The second-order valence-electron chi connectivity index (χ2n) is 9.74. The van der Waals surface area contributed by atoms with E-state index in [1.807, 2.05) is 49.4 Å². The van der Waals surface area contributed by atoms with Gasteiger partial charge in [-0.2, -0.15) is 0 Å². The van der Waals surface area contributed by atoms with Gasteiger partial charge in [0.25, 0.3) is 11.8 Å². The molecule has 0 aromatic heterocycles. The smallest absolute Gasteiger partial charge is 0.259 e. The van der Waals surface area contributed by atoms with E-state index in [2.05, 4.69) is 10.3 Å². The third-order valence-corrected chi connectivity index (χ3v) is 6.81. The summed E-state index contributed by atoms with van der Waals surface area (Å²) in [6.45, 7) is 3.55. The Morgan fingerprint density at radius 3 is 2.50 bits per heavy atom. The summed E-state index contributed by atoms with van der Waals surface area (Å²) in [5.74, 6) is 0.601. The van der Waals surface area contributed by atoms with Gasteiger partial charge in [-0.25, -0.2) is 4.99 Å². The number of amides is 2. The van der Waals surface area contributed by atoms with Crippen molar-refractivity contribution in [1.29, 1.82) is 0 Å². The summed E-state index contributed by atoms with van der Waals surface area (Å²) in [6.07, 6.45) is 0. The molecule has 0 aliphatic carbocycles. The van der Waals surface area contributed by atoms with Crippen molar-refractivity contribution in [2.24, 2.45) is 4.99 Å². The summed E-state index contributed by atoms with van der Waals surface area (Å²) in [6, 6.07) is 24.5. The Morgan fingerprint density at radius 2 is 1.79 bits per heavy atom. The molecule has 42 heavy (non-hydrogen) atoms. The van der Waals surface area contributed by atoms with Crippen LogP contribution >= 0.6 is 0 Å². The van der Waals surface area contributed by atoms with Gasteiger partial charge in [0.05, 0.1) is 30.6 Å². The Morgan fingerprint density at radius 1 is 1.00 bits per heavy atom. The van der Waals surface area contributed by atoms with Crippen LogP contribution in [0, 0.1) is 6.92 Å². The van der Waals surface area contributed by atoms with Crippen molar-refractivity contribution >= 4 is 29.1 Å². The van der Waals surface area contributed by atoms with Crippen LogP contribution in [0.15, 0.2) is 89.9 Å². The SMILES string of the molecule is COc1cc(C(=O)N(C)c2ccc(C)cc2OCc2ccc(C3=NCCO3)cc2)ccc1NC(=O)c1ccccc1O. The largest absolute Gasteiger partial charge is 0.507 e. The Labute approximate surface area is 244 Å². The van der Waals surface area contributed by atoms with Crippen LogP contribution < -0.4 is 19.7 Å². The molecule has 0 atom stereocenters. The number of carbonyl (C=O) groups is 2. The van der Waals surface area contributed by atoms with Crippen molar-refractivity contribution in [3.63, 3.8) is 0 Å². The van der Waals surface area contributed by atoms with Crippen LogP contribution in [0.2, 0.25) is 0 Å². The highest BCUT2D eigenvalue weighted by atomic mass is 16.5. The summed E-state index contributed by atoms with van der Waals surface area (Å²) in [5, 5.41) is 12.7. The third-order valence-electron chi connectivity index (χ3n) is 6.81. The lowest BCUT2D eigenvalue weighted by atomic mass is 10.1. The van der Waals surface area contributed by atoms with E-state index in [0.717, 1.165) is 16.7 Å². The minimum atomic E-state index is -0.501. The minimum Gasteiger partial charge on any atom is -0.507 e. The molecule has 214 valence electrons. The highest BCUT2D eigenvalue weighted by molar-refractivity contribution is 6.09. The number of anilines is 2. The van der Waals surface area contributed by atoms with Crippen molar-refractivity contribution < 1.29 is 28.9 Å². The summed E-state index contributed by atoms with van der Waals surface area (Å²) in [4.78, 5) is 32.1. The Kier molecular flexibility index (Phi) is 8.38. The first kappa shape index (κ1) is 28.2. The number of aryl methyl sites for hydroxylation is 1. The summed E-state index contributed by atoms with van der Waals surface area (Å²) in [5.41, 5.74) is 4.33. The summed E-state index contributed by atoms with van der Waals surface area (Å²) in [7, 11) is 3.13. The maximum Gasteiger partial charge on any atom is 0.259 e. The number of para-hydroxylation sites is 1. The third kappa shape index (κ3) is 6.20. The van der Waals surface area contributed by atoms with E-state index >= 15 is 0 Å². The number of aliphatic imine (C=N–C) groups is 1. The predicted molar refractivity (Wildman–Crippen MR) is 161 cm³/mol. The molecule has 1 aliphatic rings. The molecule has 0 fully saturated rings. The molecule has 0 unspecified atom stereocenters. The number of carbonyl (C=O) groups excluding carboxylic acids is 2. The predicted octanol–water partition coefficient (Wildman–Crippen LogP) is 5.59. The maximum absolute atomic E-state index is 13.6. The quantitative estimate of drug-likeness (QED) is 0.274. The molecule has 1 aliphatic heterocycles. The number of hydrogen-bond acceptors (Lipinski definition) is 7. The molecule has 0 saturated heterocycles. The molecule has 0 saturated carbocycles. The van der Waals surface area contributed by atoms with E-state index in [1.54, 1.807) is 37.4 Å². The zero-order valence-corrected chi connectivity index (χ0v) is 23.6. The number of hydrogen-bond donors (Lipinski definition) is 2. The number of nitrogens with one attached hydrogen (secondary N) is 1. The molecule has 1 heterocycles. The molecular formula is C33H31N3O6. The van der Waals surface area contributed by atoms with Crippen molar-refractivity contribution in [2.45, 2.75) is 13.5 Å². The highest BCUT2D eigenvalue weighted by Gasteiger charge is 2.21. The lowest BCUT2D eigenvalue weighted by molar-refractivity contribution is 0.0990. The van der Waals surface area contributed by atoms with Gasteiger partial charge in [-0.1, -0.05) is 30.3 Å². The van der Waals surface area contributed by atoms with E-state index in [9.17, 15) is 14.7 Å². The van der Waals surface area contributed by atoms with Gasteiger partial charge in [-0.05, 0) is 72.6 Å². The summed E-state index contributed by atoms with van der Waals surface area (Å²) < 4.78 is 17.2. The number of rotatable bonds is 9. The Hall–Kier alpha value is -5.31. The molecule has 4 aromatic rings. The molecule has 2 N–H and O–H groups in total. The van der Waals surface area contributed by atoms with Crippen LogP contribution in [0.5, 0.6) is 17.2 Å². The number of nitrogens with zero attached hydrogens (tertiary/aromatic N) is 2. The van der Waals surface area contributed by atoms with Crippen LogP contribution in [-0.2, 0) is 11.3 Å². The molecular weight excluding hydrogens is 534 g/mol. The van der Waals surface area contributed by atoms with Crippen molar-refractivity contribution in [3.8, 4) is 17.2 Å². The van der Waals surface area contributed by atoms with Gasteiger partial charge < -0.3 is 29.5 Å². The molecule has 5 rings (SSSR count). The standard InChI is InChI=1S/C33H31N3O6/c1-21-8-15-27(30(18-21)42-20-22-9-11-23(12-10-22)32-34-16-17-41-32)36(2)33(39)24-13-14-26(29(19-24)40-3)35-31(38)25-6-4-5-7-28(25)37/h4-15,18-19,37H,16-17,20H2,1-3H3,(H,35,38). The number of phenolic OH excluding ortho intramolecular Hbond substituents is 1. The first-order chi connectivity index (χ1) is 20.3. The van der Waals surface area contributed by atoms with Crippen molar-refractivity contribution in [2.75, 3.05) is 37.5 Å². The molecule has 9 nitrogen and oxygen atoms in total. The molecule has 4 aromatic carbocycles. The van der Waals surface area contributed by atoms with Gasteiger partial charge in [0, 0.05) is 18.2 Å². The van der Waals surface area contributed by atoms with Gasteiger partial charge >= 0.3 is 0 Å². The van der Waals surface area contributed by atoms with E-state index in [1.165, 1.54) is 24.1 Å². The molecule has 9 heteroatoms. The highest BCUT2D eigenvalue weighted by Crippen LogP contribution is 2.32. The zero-order valence-electron chi connectivity index (χ0n) is 23.6. The fourth-order valence-electron chi connectivity index (χ4n) is 4.51. The average molecular weight is 566 g/mol. The van der Waals surface area contributed by atoms with Crippen LogP contribution in [0.25, 0.3) is 0 Å². The zero-order chi connectivity index (χ0) is 29.6. The van der Waals surface area contributed by atoms with Gasteiger partial charge in [-0.15, -0.1) is 0 Å². The fraction of sp³-hybridized carbons (Fsp3) is 0.182. The number of benzene rings is 4. The lowest BCUT2D eigenvalue weighted by Crippen LogP contribution is -2.27. The maximum atomic E-state index is 13.6. The van der Waals surface area contributed by atoms with Gasteiger partial charge in [0.15, 0.2) is 0 Å². The van der Waals surface area contributed by atoms with E-state index in [0.29, 0.717) is 54.1 Å². The van der Waals surface area contributed by atoms with Gasteiger partial charge in [0.2, 0.25) is 5.90 Å². The van der Waals surface area contributed by atoms with Gasteiger partial charge in [0.1, 0.15) is 30.5 Å². The van der Waals surface area contributed by atoms with Crippen LogP contribution in [-0.4, -0.2) is 50.1 Å². The Balaban J connectivity index is 1.31. The number of phenols is 1. The van der Waals surface area contributed by atoms with Gasteiger partial charge in [-0.3, -0.25) is 9.59 Å². The van der Waals surface area contributed by atoms with E-state index < -0.39 is 5.91 Å². The number of ether oxygens (including phenoxy) is 3. The van der Waals surface area contributed by atoms with Crippen LogP contribution in [0.3, 0.4) is 0 Å². The second kappa shape index (κ2) is 12.5. The first-order valence-corrected chi connectivity index (χ1v) is 13.4. The average Bonchev–Trinajstić information content (AvgIpc) is 3.55. The fourth-order valence-corrected chi connectivity index (χ4v) is 4.51. The topological polar surface area (TPSA) is 110 Å². The first-order valence-electron chi connectivity index (χ1n) is 13.4. The van der Waals surface area contributed by atoms with Crippen molar-refractivity contribution in [1.82, 2.24) is 0 Å². The number of aromatic hydroxyl groups is 1. The lowest BCUT2D eigenvalue weighted by Gasteiger charge is -2.22. The summed E-state index contributed by atoms with van der Waals surface area (Å²) >= 11 is 0. The molecule has 2 amide bonds. The number of methoxy groups -OCH3 is 1. The van der Waals surface area contributed by atoms with Crippen molar-refractivity contribution in [3.05, 3.63) is 113 Å². The molecule has 0 spiro atoms. The minimum absolute atomic E-state index is 0.125. The second-order valence-corrected chi connectivity index (χ2v) is 9.74.